The molecule has 118 valence electrons. The number of nitrogen functional groups attached to an aromatic ring is 1. The van der Waals surface area contributed by atoms with Gasteiger partial charge in [0.1, 0.15) is 5.69 Å². The van der Waals surface area contributed by atoms with Gasteiger partial charge in [0.25, 0.3) is 5.69 Å². The summed E-state index contributed by atoms with van der Waals surface area (Å²) < 4.78 is 5.11. The van der Waals surface area contributed by atoms with Crippen LogP contribution in [0.4, 0.5) is 11.4 Å². The van der Waals surface area contributed by atoms with Crippen LogP contribution in [0.2, 0.25) is 0 Å². The van der Waals surface area contributed by atoms with Crippen LogP contribution in [0.15, 0.2) is 18.2 Å². The zero-order valence-corrected chi connectivity index (χ0v) is 12.8. The van der Waals surface area contributed by atoms with E-state index < -0.39 is 4.92 Å². The number of nitrogens with zero attached hydrogens (tertiary/aromatic N) is 2. The van der Waals surface area contributed by atoms with E-state index in [1.807, 2.05) is 6.07 Å². The molecule has 7 nitrogen and oxygen atoms in total. The van der Waals surface area contributed by atoms with Gasteiger partial charge in [0.2, 0.25) is 0 Å². The minimum atomic E-state index is -0.430. The minimum absolute atomic E-state index is 0.00811. The van der Waals surface area contributed by atoms with Gasteiger partial charge < -0.3 is 10.2 Å². The summed E-state index contributed by atoms with van der Waals surface area (Å²) in [6.07, 6.45) is 0. The predicted molar refractivity (Wildman–Crippen MR) is 82.9 cm³/mol. The van der Waals surface area contributed by atoms with E-state index in [0.717, 1.165) is 18.7 Å². The molecule has 0 heterocycles. The zero-order valence-electron chi connectivity index (χ0n) is 12.8. The summed E-state index contributed by atoms with van der Waals surface area (Å²) >= 11 is 0. The fraction of sp³-hybridized carbons (Fsp3) is 0.571. The van der Waals surface area contributed by atoms with Crippen LogP contribution in [0.3, 0.4) is 0 Å². The number of rotatable bonds is 9. The summed E-state index contributed by atoms with van der Waals surface area (Å²) in [4.78, 5) is 12.8. The van der Waals surface area contributed by atoms with E-state index in [0.29, 0.717) is 24.8 Å². The summed E-state index contributed by atoms with van der Waals surface area (Å²) in [5, 5.41) is 11.0. The van der Waals surface area contributed by atoms with Crippen molar-refractivity contribution in [2.75, 3.05) is 32.2 Å². The van der Waals surface area contributed by atoms with Gasteiger partial charge >= 0.3 is 0 Å². The lowest BCUT2D eigenvalue weighted by Gasteiger charge is -2.24. The fourth-order valence-electron chi connectivity index (χ4n) is 2.18. The van der Waals surface area contributed by atoms with Gasteiger partial charge in [-0.1, -0.05) is 19.9 Å². The number of benzene rings is 1. The average Bonchev–Trinajstić information content (AvgIpc) is 2.44. The van der Waals surface area contributed by atoms with Gasteiger partial charge in [0.15, 0.2) is 0 Å². The first-order chi connectivity index (χ1) is 9.97. The first-order valence-corrected chi connectivity index (χ1v) is 6.93. The molecule has 0 aromatic heterocycles. The van der Waals surface area contributed by atoms with E-state index in [9.17, 15) is 10.1 Å². The summed E-state index contributed by atoms with van der Waals surface area (Å²) in [5.74, 6) is 5.81. The van der Waals surface area contributed by atoms with Gasteiger partial charge in [-0.2, -0.15) is 0 Å². The van der Waals surface area contributed by atoms with Gasteiger partial charge in [-0.25, -0.2) is 0 Å². The van der Waals surface area contributed by atoms with Crippen molar-refractivity contribution in [2.45, 2.75) is 20.4 Å². The second-order valence-corrected chi connectivity index (χ2v) is 5.37. The van der Waals surface area contributed by atoms with E-state index in [4.69, 9.17) is 10.6 Å². The molecular formula is C14H24N4O3. The van der Waals surface area contributed by atoms with Crippen LogP contribution in [0.1, 0.15) is 19.4 Å². The van der Waals surface area contributed by atoms with Crippen LogP contribution in [-0.4, -0.2) is 36.6 Å². The summed E-state index contributed by atoms with van der Waals surface area (Å²) in [7, 11) is 1.67. The maximum atomic E-state index is 11.0. The van der Waals surface area contributed by atoms with Crippen LogP contribution in [0.25, 0.3) is 0 Å². The third-order valence-corrected chi connectivity index (χ3v) is 3.06. The number of nitro benzene ring substituents is 1. The Labute approximate surface area is 125 Å². The van der Waals surface area contributed by atoms with Crippen molar-refractivity contribution in [3.8, 4) is 0 Å². The van der Waals surface area contributed by atoms with Crippen LogP contribution < -0.4 is 11.3 Å². The lowest BCUT2D eigenvalue weighted by molar-refractivity contribution is -0.384. The Balaban J connectivity index is 2.87. The molecule has 0 atom stereocenters. The summed E-state index contributed by atoms with van der Waals surface area (Å²) in [5.41, 5.74) is 3.54. The highest BCUT2D eigenvalue weighted by Crippen LogP contribution is 2.25. The lowest BCUT2D eigenvalue weighted by atomic mass is 10.1. The minimum Gasteiger partial charge on any atom is -0.383 e. The highest BCUT2D eigenvalue weighted by molar-refractivity contribution is 5.61. The number of nitro groups is 1. The van der Waals surface area contributed by atoms with E-state index in [-0.39, 0.29) is 5.69 Å². The van der Waals surface area contributed by atoms with Crippen molar-refractivity contribution in [3.63, 3.8) is 0 Å². The summed E-state index contributed by atoms with van der Waals surface area (Å²) in [6.45, 7) is 7.27. The van der Waals surface area contributed by atoms with Crippen molar-refractivity contribution in [1.82, 2.24) is 4.90 Å². The molecule has 0 amide bonds. The van der Waals surface area contributed by atoms with Crippen LogP contribution in [0.5, 0.6) is 0 Å². The van der Waals surface area contributed by atoms with Crippen molar-refractivity contribution in [2.24, 2.45) is 11.8 Å². The van der Waals surface area contributed by atoms with Crippen LogP contribution in [-0.2, 0) is 11.3 Å². The molecule has 1 aromatic rings. The summed E-state index contributed by atoms with van der Waals surface area (Å²) in [6, 6.07) is 5.05. The second kappa shape index (κ2) is 8.56. The normalized spacial score (nSPS) is 11.1. The third-order valence-electron chi connectivity index (χ3n) is 3.06. The number of hydrogen-bond acceptors (Lipinski definition) is 6. The molecule has 0 unspecified atom stereocenters. The Morgan fingerprint density at radius 3 is 2.71 bits per heavy atom. The molecule has 0 fully saturated rings. The predicted octanol–water partition coefficient (Wildman–Crippen LogP) is 1.98. The smallest absolute Gasteiger partial charge is 0.293 e. The Morgan fingerprint density at radius 2 is 2.19 bits per heavy atom. The van der Waals surface area contributed by atoms with Gasteiger partial charge in [-0.3, -0.25) is 20.9 Å². The first kappa shape index (κ1) is 17.4. The standard InChI is InChI=1S/C14H24N4O3/c1-11(2)9-17(6-7-21-3)10-12-4-5-13(16-15)14(8-12)18(19)20/h4-5,8,11,16H,6-7,9-10,15H2,1-3H3. The molecule has 0 radical (unpaired) electrons. The molecule has 21 heavy (non-hydrogen) atoms. The van der Waals surface area contributed by atoms with E-state index in [2.05, 4.69) is 24.2 Å². The van der Waals surface area contributed by atoms with Crippen molar-refractivity contribution in [1.29, 1.82) is 0 Å². The van der Waals surface area contributed by atoms with Gasteiger partial charge in [0.05, 0.1) is 11.5 Å². The van der Waals surface area contributed by atoms with Gasteiger partial charge in [-0.15, -0.1) is 0 Å². The second-order valence-electron chi connectivity index (χ2n) is 5.37. The number of hydrazine groups is 1. The monoisotopic (exact) mass is 296 g/mol. The van der Waals surface area contributed by atoms with Gasteiger partial charge in [0, 0.05) is 32.8 Å². The number of ether oxygens (including phenoxy) is 1. The largest absolute Gasteiger partial charge is 0.383 e. The maximum absolute atomic E-state index is 11.0. The molecule has 0 aliphatic carbocycles. The molecule has 0 bridgehead atoms. The Bertz CT molecular complexity index is 466. The maximum Gasteiger partial charge on any atom is 0.293 e. The number of hydrogen-bond donors (Lipinski definition) is 2. The average molecular weight is 296 g/mol. The van der Waals surface area contributed by atoms with Crippen LogP contribution >= 0.6 is 0 Å². The Morgan fingerprint density at radius 1 is 1.48 bits per heavy atom. The van der Waals surface area contributed by atoms with Crippen molar-refractivity contribution in [3.05, 3.63) is 33.9 Å². The van der Waals surface area contributed by atoms with Crippen LogP contribution in [0, 0.1) is 16.0 Å². The molecule has 1 aromatic carbocycles. The fourth-order valence-corrected chi connectivity index (χ4v) is 2.18. The SMILES string of the molecule is COCCN(Cc1ccc(NN)c([N+](=O)[O-])c1)CC(C)C. The molecule has 0 saturated carbocycles. The Kier molecular flexibility index (Phi) is 7.07. The molecule has 0 aliphatic rings. The lowest BCUT2D eigenvalue weighted by Crippen LogP contribution is -2.30. The highest BCUT2D eigenvalue weighted by Gasteiger charge is 2.15. The molecule has 7 heteroatoms. The van der Waals surface area contributed by atoms with E-state index >= 15 is 0 Å². The first-order valence-electron chi connectivity index (χ1n) is 6.93. The third kappa shape index (κ3) is 5.66. The molecule has 0 aliphatic heterocycles. The Hall–Kier alpha value is -1.70. The number of methoxy groups -OCH3 is 1. The quantitative estimate of drug-likeness (QED) is 0.411. The topological polar surface area (TPSA) is 93.7 Å². The van der Waals surface area contributed by atoms with Gasteiger partial charge in [-0.05, 0) is 17.5 Å². The van der Waals surface area contributed by atoms with Crippen molar-refractivity contribution >= 4 is 11.4 Å². The molecule has 1 rings (SSSR count). The van der Waals surface area contributed by atoms with E-state index in [1.165, 1.54) is 0 Å². The molecular weight excluding hydrogens is 272 g/mol. The zero-order chi connectivity index (χ0) is 15.8. The number of nitrogens with two attached hydrogens (primary N) is 1. The molecule has 0 spiro atoms. The molecule has 0 saturated heterocycles. The van der Waals surface area contributed by atoms with Crippen molar-refractivity contribution < 1.29 is 9.66 Å². The molecule has 3 N–H and O–H groups in total. The number of anilines is 1. The van der Waals surface area contributed by atoms with E-state index in [1.54, 1.807) is 19.2 Å². The highest BCUT2D eigenvalue weighted by atomic mass is 16.6. The number of nitrogens with one attached hydrogen (secondary N) is 1.